The van der Waals surface area contributed by atoms with Gasteiger partial charge in [0.05, 0.1) is 5.76 Å². The van der Waals surface area contributed by atoms with Crippen LogP contribution in [0.2, 0.25) is 0 Å². The van der Waals surface area contributed by atoms with Crippen molar-refractivity contribution in [2.24, 2.45) is 11.8 Å². The molecule has 41 heavy (non-hydrogen) atoms. The number of carbonyl (C=O) groups is 1. The number of aliphatic hydroxyl groups is 1. The molecular formula is C37H46IrNO2-. The summed E-state index contributed by atoms with van der Waals surface area (Å²) in [7, 11) is 0. The van der Waals surface area contributed by atoms with Gasteiger partial charge in [0, 0.05) is 44.2 Å². The van der Waals surface area contributed by atoms with E-state index < -0.39 is 0 Å². The second kappa shape index (κ2) is 16.6. The summed E-state index contributed by atoms with van der Waals surface area (Å²) in [5.41, 5.74) is 5.06. The molecule has 0 saturated carbocycles. The van der Waals surface area contributed by atoms with Gasteiger partial charge in [-0.3, -0.25) is 4.79 Å². The van der Waals surface area contributed by atoms with Crippen LogP contribution >= 0.6 is 0 Å². The largest absolute Gasteiger partial charge is 0.512 e. The normalized spacial score (nSPS) is 12.8. The summed E-state index contributed by atoms with van der Waals surface area (Å²) in [5, 5.41) is 14.9. The molecule has 0 fully saturated rings. The van der Waals surface area contributed by atoms with Crippen LogP contribution in [0.5, 0.6) is 0 Å². The van der Waals surface area contributed by atoms with Crippen molar-refractivity contribution in [2.45, 2.75) is 86.5 Å². The van der Waals surface area contributed by atoms with Crippen molar-refractivity contribution in [3.8, 4) is 11.3 Å². The average molecular weight is 729 g/mol. The SMILES string of the molecule is C.CCC(CC)C(=O)C=C(O)C(CC)CC.[Ir].[c-]1ccc2ccccc2c1-c1ncc2c3c(cccc13)CCCC2. The molecule has 0 spiro atoms. The number of carbonyl (C=O) groups excluding carboxylic acids is 1. The van der Waals surface area contributed by atoms with Crippen LogP contribution in [-0.4, -0.2) is 15.9 Å². The number of hydrogen-bond acceptors (Lipinski definition) is 3. The van der Waals surface area contributed by atoms with Crippen LogP contribution in [0.1, 0.15) is 84.8 Å². The minimum absolute atomic E-state index is 0. The topological polar surface area (TPSA) is 50.2 Å². The van der Waals surface area contributed by atoms with Crippen LogP contribution in [0.15, 0.2) is 72.6 Å². The first-order valence-corrected chi connectivity index (χ1v) is 14.8. The Morgan fingerprint density at radius 3 is 2.20 bits per heavy atom. The monoisotopic (exact) mass is 729 g/mol. The van der Waals surface area contributed by atoms with Crippen molar-refractivity contribution in [3.05, 3.63) is 89.8 Å². The number of ketones is 1. The zero-order valence-corrected chi connectivity index (χ0v) is 26.7. The number of benzene rings is 3. The second-order valence-electron chi connectivity index (χ2n) is 10.6. The zero-order valence-electron chi connectivity index (χ0n) is 24.3. The van der Waals surface area contributed by atoms with Gasteiger partial charge in [0.15, 0.2) is 5.78 Å². The predicted octanol–water partition coefficient (Wildman–Crippen LogP) is 10.2. The number of aryl methyl sites for hydroxylation is 2. The van der Waals surface area contributed by atoms with E-state index in [1.807, 2.05) is 33.8 Å². The average Bonchev–Trinajstić information content (AvgIpc) is 3.18. The standard InChI is InChI=1S/C23H18N.C13H24O2.CH4.Ir/c1-2-9-18-15-24-23(21-14-6-11-17(8-1)22(18)21)20-13-5-10-16-7-3-4-12-19(16)20;1-5-10(6-2)12(14)9-13(15)11(7-3)8-4;;/h3-7,10-12,14-15H,1-2,8-9H2;9-11,14H,5-8H2,1-4H3;1H4;/q-1;;;. The molecule has 1 N–H and O–H groups in total. The fraction of sp³-hybridized carbons (Fsp3) is 0.405. The second-order valence-corrected chi connectivity index (χ2v) is 10.6. The van der Waals surface area contributed by atoms with Crippen LogP contribution in [-0.2, 0) is 37.7 Å². The van der Waals surface area contributed by atoms with Crippen molar-refractivity contribution < 1.29 is 30.0 Å². The zero-order chi connectivity index (χ0) is 27.8. The third kappa shape index (κ3) is 7.93. The fourth-order valence-corrected chi connectivity index (χ4v) is 5.82. The molecule has 1 aliphatic carbocycles. The molecule has 0 aliphatic heterocycles. The summed E-state index contributed by atoms with van der Waals surface area (Å²) in [5.74, 6) is 0.547. The van der Waals surface area contributed by atoms with Crippen molar-refractivity contribution in [1.29, 1.82) is 0 Å². The Hall–Kier alpha value is -2.81. The fourth-order valence-electron chi connectivity index (χ4n) is 5.82. The summed E-state index contributed by atoms with van der Waals surface area (Å²) < 4.78 is 0. The van der Waals surface area contributed by atoms with Crippen molar-refractivity contribution in [2.75, 3.05) is 0 Å². The van der Waals surface area contributed by atoms with E-state index >= 15 is 0 Å². The smallest absolute Gasteiger partial charge is 0.162 e. The predicted molar refractivity (Wildman–Crippen MR) is 171 cm³/mol. The molecule has 0 saturated heterocycles. The Kier molecular flexibility index (Phi) is 13.9. The Balaban J connectivity index is 0.000000306. The number of pyridine rings is 1. The van der Waals surface area contributed by atoms with Gasteiger partial charge < -0.3 is 10.1 Å². The molecular weight excluding hydrogens is 683 g/mol. The molecule has 4 aromatic rings. The summed E-state index contributed by atoms with van der Waals surface area (Å²) in [4.78, 5) is 16.6. The first-order valence-electron chi connectivity index (χ1n) is 14.8. The summed E-state index contributed by atoms with van der Waals surface area (Å²) >= 11 is 0. The molecule has 3 nitrogen and oxygen atoms in total. The minimum atomic E-state index is 0. The quantitative estimate of drug-likeness (QED) is 0.112. The number of allylic oxidation sites excluding steroid dienone is 2. The minimum Gasteiger partial charge on any atom is -0.512 e. The van der Waals surface area contributed by atoms with Crippen LogP contribution in [0.25, 0.3) is 32.8 Å². The molecule has 4 heteroatoms. The van der Waals surface area contributed by atoms with Crippen LogP contribution in [0.4, 0.5) is 0 Å². The molecule has 0 atom stereocenters. The summed E-state index contributed by atoms with van der Waals surface area (Å²) in [6.45, 7) is 8.07. The molecule has 0 amide bonds. The van der Waals surface area contributed by atoms with E-state index in [-0.39, 0.29) is 50.9 Å². The van der Waals surface area contributed by atoms with Crippen LogP contribution in [0.3, 0.4) is 0 Å². The molecule has 1 radical (unpaired) electrons. The third-order valence-electron chi connectivity index (χ3n) is 8.26. The van der Waals surface area contributed by atoms with E-state index in [1.165, 1.54) is 58.0 Å². The van der Waals surface area contributed by atoms with E-state index in [2.05, 4.69) is 60.8 Å². The van der Waals surface area contributed by atoms with Gasteiger partial charge in [-0.05, 0) is 79.0 Å². The maximum Gasteiger partial charge on any atom is 0.162 e. The molecule has 1 heterocycles. The molecule has 3 aromatic carbocycles. The van der Waals surface area contributed by atoms with E-state index in [9.17, 15) is 9.90 Å². The molecule has 5 rings (SSSR count). The van der Waals surface area contributed by atoms with E-state index in [0.29, 0.717) is 0 Å². The van der Waals surface area contributed by atoms with Gasteiger partial charge in [-0.2, -0.15) is 0 Å². The van der Waals surface area contributed by atoms with Gasteiger partial charge in [-0.15, -0.1) is 29.1 Å². The number of rotatable bonds is 8. The summed E-state index contributed by atoms with van der Waals surface area (Å²) in [6.07, 6.45) is 11.8. The number of hydrogen-bond donors (Lipinski definition) is 1. The van der Waals surface area contributed by atoms with Crippen molar-refractivity contribution in [3.63, 3.8) is 0 Å². The van der Waals surface area contributed by atoms with Gasteiger partial charge in [-0.25, -0.2) is 0 Å². The number of aliphatic hydroxyl groups excluding tert-OH is 1. The van der Waals surface area contributed by atoms with E-state index in [4.69, 9.17) is 4.98 Å². The first-order chi connectivity index (χ1) is 19.0. The van der Waals surface area contributed by atoms with E-state index in [0.717, 1.165) is 43.4 Å². The summed E-state index contributed by atoms with van der Waals surface area (Å²) in [6, 6.07) is 22.8. The molecule has 0 unspecified atom stereocenters. The maximum absolute atomic E-state index is 11.7. The van der Waals surface area contributed by atoms with Gasteiger partial charge in [0.1, 0.15) is 0 Å². The Bertz CT molecular complexity index is 1430. The van der Waals surface area contributed by atoms with Gasteiger partial charge in [-0.1, -0.05) is 83.0 Å². The van der Waals surface area contributed by atoms with Crippen molar-refractivity contribution >= 4 is 27.3 Å². The Morgan fingerprint density at radius 2 is 1.51 bits per heavy atom. The van der Waals surface area contributed by atoms with Gasteiger partial charge in [0.2, 0.25) is 0 Å². The first kappa shape index (κ1) is 34.4. The number of fused-ring (bicyclic) bond motifs is 1. The van der Waals surface area contributed by atoms with Crippen molar-refractivity contribution in [1.82, 2.24) is 4.98 Å². The Labute approximate surface area is 260 Å². The van der Waals surface area contributed by atoms with Gasteiger partial charge >= 0.3 is 0 Å². The number of nitrogens with zero attached hydrogens (tertiary/aromatic N) is 1. The van der Waals surface area contributed by atoms with Gasteiger partial charge in [0.25, 0.3) is 0 Å². The molecule has 1 aliphatic rings. The molecule has 221 valence electrons. The Morgan fingerprint density at radius 1 is 0.878 bits per heavy atom. The number of aromatic nitrogens is 1. The van der Waals surface area contributed by atoms with Crippen LogP contribution < -0.4 is 0 Å². The van der Waals surface area contributed by atoms with Crippen LogP contribution in [0, 0.1) is 17.9 Å². The third-order valence-corrected chi connectivity index (χ3v) is 8.26. The molecule has 1 aromatic heterocycles. The van der Waals surface area contributed by atoms with E-state index in [1.54, 1.807) is 0 Å². The maximum atomic E-state index is 11.7. The molecule has 0 bridgehead atoms.